The van der Waals surface area contributed by atoms with Crippen LogP contribution in [-0.2, 0) is 4.79 Å². The molecule has 0 unspecified atom stereocenters. The van der Waals surface area contributed by atoms with E-state index >= 15 is 0 Å². The fourth-order valence-electron chi connectivity index (χ4n) is 3.42. The van der Waals surface area contributed by atoms with Gasteiger partial charge in [-0.2, -0.15) is 0 Å². The predicted octanol–water partition coefficient (Wildman–Crippen LogP) is 4.04. The summed E-state index contributed by atoms with van der Waals surface area (Å²) in [5.41, 5.74) is 1.91. The lowest BCUT2D eigenvalue weighted by Gasteiger charge is -2.19. The smallest absolute Gasteiger partial charge is 0.275 e. The van der Waals surface area contributed by atoms with E-state index in [9.17, 15) is 9.18 Å². The highest BCUT2D eigenvalue weighted by Crippen LogP contribution is 2.26. The quantitative estimate of drug-likeness (QED) is 0.451. The van der Waals surface area contributed by atoms with Gasteiger partial charge in [0, 0.05) is 10.4 Å². The average Bonchev–Trinajstić information content (AvgIpc) is 3.48. The molecule has 4 aromatic rings. The number of nitrogens with two attached hydrogens (primary N) is 1. The van der Waals surface area contributed by atoms with Gasteiger partial charge in [0.2, 0.25) is 0 Å². The molecule has 6 heteroatoms. The molecule has 0 saturated carbocycles. The molecule has 4 rings (SSSR count). The molecule has 2 aromatic carbocycles. The predicted molar refractivity (Wildman–Crippen MR) is 114 cm³/mol. The highest BCUT2D eigenvalue weighted by atomic mass is 32.1. The zero-order chi connectivity index (χ0) is 20.8. The van der Waals surface area contributed by atoms with Crippen molar-refractivity contribution in [1.82, 2.24) is 5.32 Å². The summed E-state index contributed by atoms with van der Waals surface area (Å²) in [6, 6.07) is 23.4. The van der Waals surface area contributed by atoms with Crippen molar-refractivity contribution in [3.8, 4) is 0 Å². The molecule has 2 atom stereocenters. The minimum Gasteiger partial charge on any atom is -0.463 e. The molecule has 30 heavy (non-hydrogen) atoms. The fraction of sp³-hybridized carbons (Fsp3) is 0.125. The number of carbonyl (C=O) groups is 1. The number of halogens is 1. The van der Waals surface area contributed by atoms with Gasteiger partial charge in [-0.1, -0.05) is 48.5 Å². The Labute approximate surface area is 178 Å². The Morgan fingerprint density at radius 1 is 0.967 bits per heavy atom. The molecule has 1 amide bonds. The topological polar surface area (TPSA) is 58.9 Å². The number of hydrogen-bond acceptors (Lipinski definition) is 3. The van der Waals surface area contributed by atoms with Gasteiger partial charge in [-0.15, -0.1) is 11.3 Å². The molecule has 0 bridgehead atoms. The maximum absolute atomic E-state index is 13.4. The van der Waals surface area contributed by atoms with Crippen LogP contribution in [0.5, 0.6) is 0 Å². The molecule has 2 heterocycles. The summed E-state index contributed by atoms with van der Waals surface area (Å²) < 4.78 is 19.0. The monoisotopic (exact) mass is 421 g/mol. The molecule has 2 aromatic heterocycles. The second-order valence-corrected chi connectivity index (χ2v) is 7.89. The van der Waals surface area contributed by atoms with E-state index in [1.165, 1.54) is 12.1 Å². The molecule has 4 nitrogen and oxygen atoms in total. The molecule has 0 saturated heterocycles. The lowest BCUT2D eigenvalue weighted by molar-refractivity contribution is -0.678. The summed E-state index contributed by atoms with van der Waals surface area (Å²) in [5.74, 6) is 0.389. The summed E-state index contributed by atoms with van der Waals surface area (Å²) in [6.07, 6.45) is 1.64. The molecule has 3 N–H and O–H groups in total. The molecule has 0 fully saturated rings. The zero-order valence-corrected chi connectivity index (χ0v) is 17.0. The van der Waals surface area contributed by atoms with Crippen LogP contribution in [0.15, 0.2) is 94.9 Å². The number of nitrogens with one attached hydrogen (secondary N) is 1. The summed E-state index contributed by atoms with van der Waals surface area (Å²) in [6.45, 7) is 0.226. The molecule has 0 aliphatic heterocycles. The number of quaternary nitrogens is 1. The van der Waals surface area contributed by atoms with Crippen molar-refractivity contribution in [2.45, 2.75) is 12.1 Å². The zero-order valence-electron chi connectivity index (χ0n) is 16.2. The van der Waals surface area contributed by atoms with Crippen LogP contribution in [-0.4, -0.2) is 12.5 Å². The number of amides is 1. The lowest BCUT2D eigenvalue weighted by Crippen LogP contribution is -2.87. The number of rotatable bonds is 8. The highest BCUT2D eigenvalue weighted by Gasteiger charge is 2.23. The van der Waals surface area contributed by atoms with Gasteiger partial charge >= 0.3 is 0 Å². The third-order valence-corrected chi connectivity index (χ3v) is 5.82. The Morgan fingerprint density at radius 2 is 1.77 bits per heavy atom. The van der Waals surface area contributed by atoms with Crippen LogP contribution >= 0.6 is 11.3 Å². The van der Waals surface area contributed by atoms with Crippen LogP contribution < -0.4 is 10.6 Å². The first kappa shape index (κ1) is 20.1. The lowest BCUT2D eigenvalue weighted by atomic mass is 10.0. The largest absolute Gasteiger partial charge is 0.463 e. The number of carbonyl (C=O) groups excluding carboxylic acids is 1. The van der Waals surface area contributed by atoms with Gasteiger partial charge < -0.3 is 15.1 Å². The van der Waals surface area contributed by atoms with Gasteiger partial charge in [0.25, 0.3) is 5.91 Å². The molecule has 0 radical (unpaired) electrons. The van der Waals surface area contributed by atoms with Gasteiger partial charge in [-0.3, -0.25) is 4.79 Å². The van der Waals surface area contributed by atoms with E-state index in [0.29, 0.717) is 0 Å². The van der Waals surface area contributed by atoms with Crippen molar-refractivity contribution in [2.24, 2.45) is 0 Å². The maximum Gasteiger partial charge on any atom is 0.275 e. The SMILES string of the molecule is O=C(C[NH2+][C@@H](c1ccccc1)c1ccco1)N[C@@H](c1ccc(F)cc1)c1cccs1. The van der Waals surface area contributed by atoms with Crippen LogP contribution in [0.25, 0.3) is 0 Å². The Balaban J connectivity index is 1.48. The van der Waals surface area contributed by atoms with Crippen molar-refractivity contribution in [2.75, 3.05) is 6.54 Å². The number of furan rings is 1. The van der Waals surface area contributed by atoms with Crippen LogP contribution in [0.1, 0.15) is 33.8 Å². The van der Waals surface area contributed by atoms with Crippen LogP contribution in [0, 0.1) is 5.82 Å². The van der Waals surface area contributed by atoms with E-state index in [1.54, 1.807) is 29.7 Å². The van der Waals surface area contributed by atoms with Gasteiger partial charge in [-0.05, 0) is 41.3 Å². The van der Waals surface area contributed by atoms with Gasteiger partial charge in [0.1, 0.15) is 5.82 Å². The van der Waals surface area contributed by atoms with Gasteiger partial charge in [0.15, 0.2) is 18.3 Å². The third kappa shape index (κ3) is 4.84. The molecule has 0 aliphatic carbocycles. The minimum absolute atomic E-state index is 0.106. The van der Waals surface area contributed by atoms with E-state index < -0.39 is 0 Å². The second-order valence-electron chi connectivity index (χ2n) is 6.91. The number of hydrogen-bond donors (Lipinski definition) is 2. The normalized spacial score (nSPS) is 13.0. The first-order valence-electron chi connectivity index (χ1n) is 9.70. The van der Waals surface area contributed by atoms with E-state index in [2.05, 4.69) is 5.32 Å². The Kier molecular flexibility index (Phi) is 6.37. The molecular weight excluding hydrogens is 399 g/mol. The Morgan fingerprint density at radius 3 is 2.43 bits per heavy atom. The maximum atomic E-state index is 13.4. The van der Waals surface area contributed by atoms with E-state index in [1.807, 2.05) is 65.3 Å². The Bertz CT molecular complexity index is 1050. The summed E-state index contributed by atoms with van der Waals surface area (Å²) in [5, 5.41) is 7.02. The van der Waals surface area contributed by atoms with Crippen molar-refractivity contribution < 1.29 is 18.9 Å². The molecule has 0 spiro atoms. The first-order chi connectivity index (χ1) is 14.7. The minimum atomic E-state index is -0.315. The summed E-state index contributed by atoms with van der Waals surface area (Å²) in [4.78, 5) is 13.9. The van der Waals surface area contributed by atoms with E-state index in [4.69, 9.17) is 4.42 Å². The Hall–Kier alpha value is -3.22. The van der Waals surface area contributed by atoms with Crippen LogP contribution in [0.2, 0.25) is 0 Å². The first-order valence-corrected chi connectivity index (χ1v) is 10.6. The summed E-state index contributed by atoms with van der Waals surface area (Å²) >= 11 is 1.56. The van der Waals surface area contributed by atoms with Crippen LogP contribution in [0.3, 0.4) is 0 Å². The number of benzene rings is 2. The van der Waals surface area contributed by atoms with Crippen molar-refractivity contribution >= 4 is 17.2 Å². The third-order valence-electron chi connectivity index (χ3n) is 4.88. The summed E-state index contributed by atoms with van der Waals surface area (Å²) in [7, 11) is 0. The highest BCUT2D eigenvalue weighted by molar-refractivity contribution is 7.10. The van der Waals surface area contributed by atoms with E-state index in [-0.39, 0.29) is 30.4 Å². The molecule has 152 valence electrons. The second kappa shape index (κ2) is 9.52. The van der Waals surface area contributed by atoms with Crippen molar-refractivity contribution in [3.05, 3.63) is 118 Å². The fourth-order valence-corrected chi connectivity index (χ4v) is 4.22. The molecule has 0 aliphatic rings. The van der Waals surface area contributed by atoms with Gasteiger partial charge in [0.05, 0.1) is 12.3 Å². The van der Waals surface area contributed by atoms with Gasteiger partial charge in [-0.25, -0.2) is 4.39 Å². The van der Waals surface area contributed by atoms with Crippen molar-refractivity contribution in [3.63, 3.8) is 0 Å². The standard InChI is InChI=1S/C24H21FN2O2S/c25-19-12-10-18(11-13-19)24(21-9-5-15-30-21)27-22(28)16-26-23(20-8-4-14-29-20)17-6-2-1-3-7-17/h1-15,23-24,26H,16H2,(H,27,28)/p+1/t23-,24-/m0/s1. The number of thiophene rings is 1. The average molecular weight is 422 g/mol. The van der Waals surface area contributed by atoms with E-state index in [0.717, 1.165) is 21.8 Å². The van der Waals surface area contributed by atoms with Crippen LogP contribution in [0.4, 0.5) is 4.39 Å². The molecular formula is C24H22FN2O2S+. The van der Waals surface area contributed by atoms with Crippen molar-refractivity contribution in [1.29, 1.82) is 0 Å².